The molecule has 2 rings (SSSR count). The number of hydrogen-bond acceptors (Lipinski definition) is 3. The van der Waals surface area contributed by atoms with E-state index in [4.69, 9.17) is 4.74 Å². The number of ether oxygens (including phenoxy) is 1. The quantitative estimate of drug-likeness (QED) is 0.786. The summed E-state index contributed by atoms with van der Waals surface area (Å²) in [5.41, 5.74) is 1.55. The second-order valence-electron chi connectivity index (χ2n) is 4.94. The van der Waals surface area contributed by atoms with Crippen LogP contribution in [0.25, 0.3) is 0 Å². The van der Waals surface area contributed by atoms with Crippen molar-refractivity contribution in [1.29, 1.82) is 0 Å². The third kappa shape index (κ3) is 3.67. The zero-order valence-electron chi connectivity index (χ0n) is 11.6. The van der Waals surface area contributed by atoms with Crippen molar-refractivity contribution in [3.63, 3.8) is 0 Å². The molecule has 1 aliphatic rings. The maximum Gasteiger partial charge on any atom is 0.235 e. The summed E-state index contributed by atoms with van der Waals surface area (Å²) in [6.07, 6.45) is 3.53. The highest BCUT2D eigenvalue weighted by Crippen LogP contribution is 2.29. The zero-order valence-corrected chi connectivity index (χ0v) is 14.0. The minimum atomic E-state index is -3.27. The number of alkyl halides is 1. The van der Waals surface area contributed by atoms with Crippen LogP contribution in [0, 0.1) is 0 Å². The predicted octanol–water partition coefficient (Wildman–Crippen LogP) is 3.66. The summed E-state index contributed by atoms with van der Waals surface area (Å²) in [4.78, 5) is 0. The van der Waals surface area contributed by atoms with E-state index in [1.165, 1.54) is 0 Å². The van der Waals surface area contributed by atoms with Gasteiger partial charge in [0.15, 0.2) is 0 Å². The molecule has 0 atom stereocenters. The number of sulfonamides is 1. The molecule has 0 aliphatic heterocycles. The lowest BCUT2D eigenvalue weighted by atomic mass is 10.2. The summed E-state index contributed by atoms with van der Waals surface area (Å²) in [7, 11) is -3.27. The standard InChI is InChI=1S/C14H20BrNO3S/c1-2-19-14-8-7-12(9-11(14)10-15)16-20(17,18)13-5-3-4-6-13/h7-9,13,16H,2-6,10H2,1H3. The van der Waals surface area contributed by atoms with Crippen LogP contribution in [0.4, 0.5) is 5.69 Å². The summed E-state index contributed by atoms with van der Waals surface area (Å²) in [5, 5.41) is 0.378. The highest BCUT2D eigenvalue weighted by atomic mass is 79.9. The molecule has 0 saturated heterocycles. The Bertz CT molecular complexity index is 554. The van der Waals surface area contributed by atoms with E-state index < -0.39 is 10.0 Å². The second kappa shape index (κ2) is 6.80. The molecule has 6 heteroatoms. The third-order valence-electron chi connectivity index (χ3n) is 3.51. The van der Waals surface area contributed by atoms with Crippen LogP contribution in [-0.4, -0.2) is 20.3 Å². The average Bonchev–Trinajstić information content (AvgIpc) is 2.95. The van der Waals surface area contributed by atoms with Gasteiger partial charge in [0.1, 0.15) is 5.75 Å². The molecule has 1 aliphatic carbocycles. The van der Waals surface area contributed by atoms with Crippen LogP contribution in [0.1, 0.15) is 38.2 Å². The Morgan fingerprint density at radius 2 is 2.05 bits per heavy atom. The van der Waals surface area contributed by atoms with Crippen molar-refractivity contribution in [2.75, 3.05) is 11.3 Å². The van der Waals surface area contributed by atoms with E-state index in [0.29, 0.717) is 17.6 Å². The Labute approximate surface area is 129 Å². The Kier molecular flexibility index (Phi) is 5.32. The van der Waals surface area contributed by atoms with Crippen LogP contribution >= 0.6 is 15.9 Å². The SMILES string of the molecule is CCOc1ccc(NS(=O)(=O)C2CCCC2)cc1CBr. The number of nitrogens with one attached hydrogen (secondary N) is 1. The molecule has 0 heterocycles. The molecule has 4 nitrogen and oxygen atoms in total. The van der Waals surface area contributed by atoms with Crippen molar-refractivity contribution in [2.24, 2.45) is 0 Å². The normalized spacial score (nSPS) is 16.3. The lowest BCUT2D eigenvalue weighted by Crippen LogP contribution is -2.25. The largest absolute Gasteiger partial charge is 0.494 e. The van der Waals surface area contributed by atoms with Gasteiger partial charge in [-0.15, -0.1) is 0 Å². The van der Waals surface area contributed by atoms with E-state index in [9.17, 15) is 8.42 Å². The molecule has 1 saturated carbocycles. The van der Waals surface area contributed by atoms with Gasteiger partial charge in [-0.25, -0.2) is 8.42 Å². The van der Waals surface area contributed by atoms with Gasteiger partial charge in [-0.2, -0.15) is 0 Å². The number of hydrogen-bond donors (Lipinski definition) is 1. The van der Waals surface area contributed by atoms with Crippen LogP contribution in [0.2, 0.25) is 0 Å². The fraction of sp³-hybridized carbons (Fsp3) is 0.571. The topological polar surface area (TPSA) is 55.4 Å². The lowest BCUT2D eigenvalue weighted by molar-refractivity contribution is 0.338. The minimum Gasteiger partial charge on any atom is -0.494 e. The molecule has 0 spiro atoms. The molecule has 20 heavy (non-hydrogen) atoms. The van der Waals surface area contributed by atoms with Gasteiger partial charge in [0.2, 0.25) is 10.0 Å². The van der Waals surface area contributed by atoms with Crippen molar-refractivity contribution in [3.8, 4) is 5.75 Å². The summed E-state index contributed by atoms with van der Waals surface area (Å²) < 4.78 is 32.7. The first-order valence-electron chi connectivity index (χ1n) is 6.90. The Hall–Kier alpha value is -0.750. The molecule has 0 unspecified atom stereocenters. The number of halogens is 1. The first-order chi connectivity index (χ1) is 9.56. The fourth-order valence-electron chi connectivity index (χ4n) is 2.49. The molecule has 0 amide bonds. The lowest BCUT2D eigenvalue weighted by Gasteiger charge is -2.15. The maximum atomic E-state index is 12.3. The molecule has 1 aromatic rings. The van der Waals surface area contributed by atoms with Gasteiger partial charge in [-0.1, -0.05) is 28.8 Å². The predicted molar refractivity (Wildman–Crippen MR) is 85.0 cm³/mol. The smallest absolute Gasteiger partial charge is 0.235 e. The van der Waals surface area contributed by atoms with Crippen molar-refractivity contribution in [1.82, 2.24) is 0 Å². The van der Waals surface area contributed by atoms with Gasteiger partial charge >= 0.3 is 0 Å². The van der Waals surface area contributed by atoms with Crippen molar-refractivity contribution >= 4 is 31.6 Å². The second-order valence-corrected chi connectivity index (χ2v) is 7.46. The minimum absolute atomic E-state index is 0.249. The van der Waals surface area contributed by atoms with Gasteiger partial charge in [-0.3, -0.25) is 4.72 Å². The first-order valence-corrected chi connectivity index (χ1v) is 9.57. The highest BCUT2D eigenvalue weighted by Gasteiger charge is 2.28. The zero-order chi connectivity index (χ0) is 14.6. The van der Waals surface area contributed by atoms with Crippen molar-refractivity contribution in [3.05, 3.63) is 23.8 Å². The number of anilines is 1. The summed E-state index contributed by atoms with van der Waals surface area (Å²) in [6.45, 7) is 2.52. The molecule has 0 bridgehead atoms. The van der Waals surface area contributed by atoms with Gasteiger partial charge in [0.25, 0.3) is 0 Å². The van der Waals surface area contributed by atoms with E-state index >= 15 is 0 Å². The van der Waals surface area contributed by atoms with Crippen LogP contribution in [0.5, 0.6) is 5.75 Å². The number of rotatable bonds is 6. The maximum absolute atomic E-state index is 12.3. The van der Waals surface area contributed by atoms with Gasteiger partial charge in [0.05, 0.1) is 11.9 Å². The fourth-order valence-corrected chi connectivity index (χ4v) is 4.50. The van der Waals surface area contributed by atoms with Crippen LogP contribution in [0.3, 0.4) is 0 Å². The molecule has 0 aromatic heterocycles. The van der Waals surface area contributed by atoms with E-state index in [2.05, 4.69) is 20.7 Å². The van der Waals surface area contributed by atoms with Gasteiger partial charge in [0, 0.05) is 16.6 Å². The third-order valence-corrected chi connectivity index (χ3v) is 5.98. The van der Waals surface area contributed by atoms with E-state index in [1.807, 2.05) is 19.1 Å². The monoisotopic (exact) mass is 361 g/mol. The Morgan fingerprint density at radius 1 is 1.35 bits per heavy atom. The Morgan fingerprint density at radius 3 is 2.65 bits per heavy atom. The van der Waals surface area contributed by atoms with Gasteiger partial charge < -0.3 is 4.74 Å². The summed E-state index contributed by atoms with van der Waals surface area (Å²) in [5.74, 6) is 0.785. The van der Waals surface area contributed by atoms with Crippen LogP contribution in [0.15, 0.2) is 18.2 Å². The molecule has 1 fully saturated rings. The van der Waals surface area contributed by atoms with Crippen LogP contribution in [-0.2, 0) is 15.4 Å². The van der Waals surface area contributed by atoms with E-state index in [1.54, 1.807) is 6.07 Å². The van der Waals surface area contributed by atoms with Crippen molar-refractivity contribution in [2.45, 2.75) is 43.2 Å². The molecular weight excluding hydrogens is 342 g/mol. The van der Waals surface area contributed by atoms with E-state index in [-0.39, 0.29) is 5.25 Å². The average molecular weight is 362 g/mol. The molecule has 1 aromatic carbocycles. The first kappa shape index (κ1) is 15.6. The van der Waals surface area contributed by atoms with Crippen molar-refractivity contribution < 1.29 is 13.2 Å². The molecular formula is C14H20BrNO3S. The molecule has 1 N–H and O–H groups in total. The number of benzene rings is 1. The highest BCUT2D eigenvalue weighted by molar-refractivity contribution is 9.08. The Balaban J connectivity index is 2.17. The molecule has 0 radical (unpaired) electrons. The van der Waals surface area contributed by atoms with Gasteiger partial charge in [-0.05, 0) is 38.0 Å². The summed E-state index contributed by atoms with van der Waals surface area (Å²) >= 11 is 3.40. The summed E-state index contributed by atoms with van der Waals surface area (Å²) in [6, 6.07) is 5.39. The van der Waals surface area contributed by atoms with E-state index in [0.717, 1.165) is 37.0 Å². The van der Waals surface area contributed by atoms with Crippen LogP contribution < -0.4 is 9.46 Å². The molecule has 112 valence electrons.